The van der Waals surface area contributed by atoms with Crippen LogP contribution in [0.25, 0.3) is 0 Å². The van der Waals surface area contributed by atoms with Crippen LogP contribution in [0.3, 0.4) is 0 Å². The lowest BCUT2D eigenvalue weighted by molar-refractivity contribution is 0.218. The van der Waals surface area contributed by atoms with Crippen LogP contribution in [0.2, 0.25) is 0 Å². The van der Waals surface area contributed by atoms with E-state index in [1.807, 2.05) is 25.2 Å². The van der Waals surface area contributed by atoms with Crippen LogP contribution in [-0.2, 0) is 23.0 Å². The number of sulfonamides is 1. The van der Waals surface area contributed by atoms with Crippen LogP contribution >= 0.6 is 0 Å². The van der Waals surface area contributed by atoms with Crippen molar-refractivity contribution in [1.29, 1.82) is 0 Å². The SMILES string of the molecule is CCS(=O)(=O)NCc1ccc2c(c1)[C@H](Cc1ccccc1)[C@H](NC)CO2. The predicted molar refractivity (Wildman–Crippen MR) is 104 cm³/mol. The molecule has 0 saturated heterocycles. The van der Waals surface area contributed by atoms with Gasteiger partial charge in [0.15, 0.2) is 0 Å². The average Bonchev–Trinajstić information content (AvgIpc) is 2.67. The molecule has 0 unspecified atom stereocenters. The zero-order chi connectivity index (χ0) is 18.6. The first kappa shape index (κ1) is 18.9. The maximum absolute atomic E-state index is 11.7. The molecule has 26 heavy (non-hydrogen) atoms. The first-order chi connectivity index (χ1) is 12.5. The second kappa shape index (κ2) is 8.20. The van der Waals surface area contributed by atoms with Gasteiger partial charge in [-0.15, -0.1) is 0 Å². The van der Waals surface area contributed by atoms with Crippen LogP contribution in [0.4, 0.5) is 0 Å². The molecule has 0 saturated carbocycles. The zero-order valence-corrected chi connectivity index (χ0v) is 16.1. The number of likely N-dealkylation sites (N-methyl/N-ethyl adjacent to an activating group) is 1. The Kier molecular flexibility index (Phi) is 5.96. The van der Waals surface area contributed by atoms with Crippen molar-refractivity contribution in [2.45, 2.75) is 31.8 Å². The second-order valence-electron chi connectivity index (χ2n) is 6.60. The molecule has 0 bridgehead atoms. The first-order valence-corrected chi connectivity index (χ1v) is 10.6. The summed E-state index contributed by atoms with van der Waals surface area (Å²) in [6.45, 7) is 2.56. The van der Waals surface area contributed by atoms with Gasteiger partial charge in [0.1, 0.15) is 12.4 Å². The molecule has 1 heterocycles. The molecule has 2 aromatic carbocycles. The van der Waals surface area contributed by atoms with Gasteiger partial charge in [0.2, 0.25) is 10.0 Å². The van der Waals surface area contributed by atoms with Crippen molar-refractivity contribution < 1.29 is 13.2 Å². The topological polar surface area (TPSA) is 67.4 Å². The minimum absolute atomic E-state index is 0.0828. The fourth-order valence-corrected chi connectivity index (χ4v) is 3.93. The predicted octanol–water partition coefficient (Wildman–Crippen LogP) is 2.43. The van der Waals surface area contributed by atoms with Gasteiger partial charge in [-0.2, -0.15) is 0 Å². The Labute approximate surface area is 155 Å². The highest BCUT2D eigenvalue weighted by atomic mass is 32.2. The molecule has 0 spiro atoms. The summed E-state index contributed by atoms with van der Waals surface area (Å²) < 4.78 is 32.0. The molecule has 0 amide bonds. The van der Waals surface area contributed by atoms with Crippen molar-refractivity contribution >= 4 is 10.0 Å². The zero-order valence-electron chi connectivity index (χ0n) is 15.2. The van der Waals surface area contributed by atoms with Gasteiger partial charge < -0.3 is 10.1 Å². The lowest BCUT2D eigenvalue weighted by atomic mass is 9.83. The second-order valence-corrected chi connectivity index (χ2v) is 8.69. The van der Waals surface area contributed by atoms with E-state index in [0.717, 1.165) is 23.3 Å². The number of rotatable bonds is 7. The molecular weight excluding hydrogens is 348 g/mol. The highest BCUT2D eigenvalue weighted by Crippen LogP contribution is 2.36. The fraction of sp³-hybridized carbons (Fsp3) is 0.400. The quantitative estimate of drug-likeness (QED) is 0.781. The molecule has 1 aliphatic rings. The summed E-state index contributed by atoms with van der Waals surface area (Å²) >= 11 is 0. The van der Waals surface area contributed by atoms with Crippen LogP contribution in [-0.4, -0.2) is 33.9 Å². The van der Waals surface area contributed by atoms with E-state index in [4.69, 9.17) is 4.74 Å². The summed E-state index contributed by atoms with van der Waals surface area (Å²) in [6.07, 6.45) is 0.910. The number of benzene rings is 2. The number of nitrogens with one attached hydrogen (secondary N) is 2. The maximum Gasteiger partial charge on any atom is 0.211 e. The number of ether oxygens (including phenoxy) is 1. The maximum atomic E-state index is 11.7. The van der Waals surface area contributed by atoms with E-state index in [1.165, 1.54) is 5.56 Å². The van der Waals surface area contributed by atoms with E-state index in [1.54, 1.807) is 6.92 Å². The lowest BCUT2D eigenvalue weighted by Crippen LogP contribution is -2.41. The van der Waals surface area contributed by atoms with Crippen molar-refractivity contribution in [3.05, 3.63) is 65.2 Å². The molecule has 2 aromatic rings. The summed E-state index contributed by atoms with van der Waals surface area (Å²) in [5.74, 6) is 1.24. The van der Waals surface area contributed by atoms with Crippen LogP contribution in [0.1, 0.15) is 29.5 Å². The van der Waals surface area contributed by atoms with Crippen molar-refractivity contribution in [2.75, 3.05) is 19.4 Å². The van der Waals surface area contributed by atoms with E-state index in [9.17, 15) is 8.42 Å². The summed E-state index contributed by atoms with van der Waals surface area (Å²) in [4.78, 5) is 0. The van der Waals surface area contributed by atoms with Crippen LogP contribution in [0, 0.1) is 0 Å². The van der Waals surface area contributed by atoms with Crippen LogP contribution < -0.4 is 14.8 Å². The van der Waals surface area contributed by atoms with Crippen LogP contribution in [0.15, 0.2) is 48.5 Å². The first-order valence-electron chi connectivity index (χ1n) is 8.96. The standard InChI is InChI=1S/C20H26N2O3S/c1-3-26(23,24)22-13-16-9-10-20-18(12-16)17(19(21-2)14-25-20)11-15-7-5-4-6-8-15/h4-10,12,17,19,21-22H,3,11,13-14H2,1-2H3/t17-,19+/m0/s1. The molecule has 0 radical (unpaired) electrons. The molecule has 6 heteroatoms. The Bertz CT molecular complexity index is 837. The smallest absolute Gasteiger partial charge is 0.211 e. The van der Waals surface area contributed by atoms with Crippen molar-refractivity contribution in [3.8, 4) is 5.75 Å². The van der Waals surface area contributed by atoms with Crippen molar-refractivity contribution in [2.24, 2.45) is 0 Å². The van der Waals surface area contributed by atoms with Gasteiger partial charge in [0.05, 0.1) is 5.75 Å². The van der Waals surface area contributed by atoms with Gasteiger partial charge in [0, 0.05) is 18.5 Å². The molecule has 0 aromatic heterocycles. The molecule has 140 valence electrons. The third-order valence-electron chi connectivity index (χ3n) is 4.92. The monoisotopic (exact) mass is 374 g/mol. The van der Waals surface area contributed by atoms with Gasteiger partial charge in [-0.05, 0) is 43.1 Å². The minimum Gasteiger partial charge on any atom is -0.492 e. The van der Waals surface area contributed by atoms with Crippen LogP contribution in [0.5, 0.6) is 5.75 Å². The molecule has 2 N–H and O–H groups in total. The summed E-state index contributed by atoms with van der Waals surface area (Å²) in [6, 6.07) is 16.6. The average molecular weight is 375 g/mol. The number of fused-ring (bicyclic) bond motifs is 1. The van der Waals surface area contributed by atoms with Crippen molar-refractivity contribution in [1.82, 2.24) is 10.0 Å². The molecule has 0 aliphatic carbocycles. The van der Waals surface area contributed by atoms with E-state index in [-0.39, 0.29) is 17.7 Å². The molecule has 2 atom stereocenters. The van der Waals surface area contributed by atoms with Gasteiger partial charge in [0.25, 0.3) is 0 Å². The van der Waals surface area contributed by atoms with Gasteiger partial charge in [-0.3, -0.25) is 0 Å². The molecule has 1 aliphatic heterocycles. The minimum atomic E-state index is -3.21. The summed E-state index contributed by atoms with van der Waals surface area (Å²) in [7, 11) is -1.26. The highest BCUT2D eigenvalue weighted by Gasteiger charge is 2.30. The van der Waals surface area contributed by atoms with Gasteiger partial charge >= 0.3 is 0 Å². The number of hydrogen-bond donors (Lipinski definition) is 2. The Balaban J connectivity index is 1.87. The van der Waals surface area contributed by atoms with E-state index in [0.29, 0.717) is 13.2 Å². The Morgan fingerprint density at radius 3 is 2.58 bits per heavy atom. The third-order valence-corrected chi connectivity index (χ3v) is 6.27. The Morgan fingerprint density at radius 2 is 1.88 bits per heavy atom. The third kappa shape index (κ3) is 4.44. The summed E-state index contributed by atoms with van der Waals surface area (Å²) in [5, 5.41) is 3.36. The largest absolute Gasteiger partial charge is 0.492 e. The molecular formula is C20H26N2O3S. The van der Waals surface area contributed by atoms with E-state index >= 15 is 0 Å². The lowest BCUT2D eigenvalue weighted by Gasteiger charge is -2.34. The molecule has 5 nitrogen and oxygen atoms in total. The molecule has 3 rings (SSSR count). The van der Waals surface area contributed by atoms with E-state index in [2.05, 4.69) is 40.4 Å². The van der Waals surface area contributed by atoms with Gasteiger partial charge in [-0.1, -0.05) is 42.5 Å². The Morgan fingerprint density at radius 1 is 1.12 bits per heavy atom. The normalized spacial score (nSPS) is 19.6. The summed E-state index contributed by atoms with van der Waals surface area (Å²) in [5.41, 5.74) is 3.36. The van der Waals surface area contributed by atoms with E-state index < -0.39 is 10.0 Å². The highest BCUT2D eigenvalue weighted by molar-refractivity contribution is 7.89. The van der Waals surface area contributed by atoms with Gasteiger partial charge in [-0.25, -0.2) is 13.1 Å². The Hall–Kier alpha value is -1.89. The fourth-order valence-electron chi connectivity index (χ4n) is 3.34. The number of hydrogen-bond acceptors (Lipinski definition) is 4. The molecule has 0 fully saturated rings. The van der Waals surface area contributed by atoms with Crippen molar-refractivity contribution in [3.63, 3.8) is 0 Å².